The second-order valence-corrected chi connectivity index (χ2v) is 6.04. The van der Waals surface area contributed by atoms with E-state index in [1.165, 1.54) is 11.1 Å². The fourth-order valence-corrected chi connectivity index (χ4v) is 3.35. The molecule has 4 heteroatoms. The predicted octanol–water partition coefficient (Wildman–Crippen LogP) is 1.84. The zero-order valence-electron chi connectivity index (χ0n) is 12.5. The number of hydrogen-bond donors (Lipinski definition) is 1. The molecular weight excluding hydrogens is 264 g/mol. The Kier molecular flexibility index (Phi) is 3.95. The van der Waals surface area contributed by atoms with Crippen LogP contribution in [-0.4, -0.2) is 35.8 Å². The van der Waals surface area contributed by atoms with Crippen LogP contribution in [0.1, 0.15) is 43.2 Å². The van der Waals surface area contributed by atoms with Crippen LogP contribution in [0, 0.1) is 0 Å². The van der Waals surface area contributed by atoms with E-state index in [-0.39, 0.29) is 17.9 Å². The van der Waals surface area contributed by atoms with Crippen LogP contribution in [0.5, 0.6) is 0 Å². The molecule has 4 nitrogen and oxygen atoms in total. The Labute approximate surface area is 125 Å². The highest BCUT2D eigenvalue weighted by atomic mass is 16.2. The van der Waals surface area contributed by atoms with E-state index in [9.17, 15) is 9.59 Å². The van der Waals surface area contributed by atoms with Gasteiger partial charge in [-0.1, -0.05) is 37.6 Å². The number of rotatable bonds is 4. The monoisotopic (exact) mass is 286 g/mol. The molecule has 1 aliphatic heterocycles. The first kappa shape index (κ1) is 14.1. The average Bonchev–Trinajstić information content (AvgIpc) is 2.58. The Morgan fingerprint density at radius 3 is 2.86 bits per heavy atom. The minimum Gasteiger partial charge on any atom is -0.344 e. The molecule has 21 heavy (non-hydrogen) atoms. The fourth-order valence-electron chi connectivity index (χ4n) is 3.35. The van der Waals surface area contributed by atoms with Gasteiger partial charge in [-0.05, 0) is 24.0 Å². The van der Waals surface area contributed by atoms with Gasteiger partial charge in [0.15, 0.2) is 0 Å². The van der Waals surface area contributed by atoms with Crippen LogP contribution >= 0.6 is 0 Å². The van der Waals surface area contributed by atoms with E-state index in [1.807, 2.05) is 11.8 Å². The molecule has 1 aromatic carbocycles. The summed E-state index contributed by atoms with van der Waals surface area (Å²) in [6, 6.07) is 8.09. The molecule has 0 bridgehead atoms. The van der Waals surface area contributed by atoms with Crippen molar-refractivity contribution < 1.29 is 9.59 Å². The van der Waals surface area contributed by atoms with Gasteiger partial charge in [-0.15, -0.1) is 0 Å². The number of nitrogens with one attached hydrogen (secondary N) is 1. The molecule has 2 amide bonds. The van der Waals surface area contributed by atoms with Crippen molar-refractivity contribution in [2.45, 2.75) is 44.6 Å². The predicted molar refractivity (Wildman–Crippen MR) is 80.9 cm³/mol. The third-order valence-electron chi connectivity index (χ3n) is 4.53. The summed E-state index contributed by atoms with van der Waals surface area (Å²) in [7, 11) is 0. The van der Waals surface area contributed by atoms with Gasteiger partial charge in [-0.25, -0.2) is 0 Å². The summed E-state index contributed by atoms with van der Waals surface area (Å²) in [5.74, 6) is 0.519. The molecule has 0 aromatic heterocycles. The third-order valence-corrected chi connectivity index (χ3v) is 4.53. The van der Waals surface area contributed by atoms with Crippen molar-refractivity contribution in [3.63, 3.8) is 0 Å². The van der Waals surface area contributed by atoms with E-state index in [0.29, 0.717) is 18.9 Å². The summed E-state index contributed by atoms with van der Waals surface area (Å²) in [5.41, 5.74) is 2.75. The summed E-state index contributed by atoms with van der Waals surface area (Å²) in [6.07, 6.45) is 3.08. The summed E-state index contributed by atoms with van der Waals surface area (Å²) >= 11 is 0. The Hall–Kier alpha value is -1.84. The van der Waals surface area contributed by atoms with Crippen molar-refractivity contribution in [1.82, 2.24) is 10.2 Å². The molecule has 2 aliphatic rings. The molecule has 112 valence electrons. The molecule has 1 N–H and O–H groups in total. The van der Waals surface area contributed by atoms with E-state index < -0.39 is 0 Å². The normalized spacial score (nSPS) is 24.9. The second kappa shape index (κ2) is 5.88. The topological polar surface area (TPSA) is 49.4 Å². The largest absolute Gasteiger partial charge is 0.344 e. The molecule has 3 rings (SSSR count). The van der Waals surface area contributed by atoms with Crippen molar-refractivity contribution >= 4 is 11.8 Å². The van der Waals surface area contributed by atoms with Crippen molar-refractivity contribution in [1.29, 1.82) is 0 Å². The van der Waals surface area contributed by atoms with Crippen LogP contribution in [0.4, 0.5) is 0 Å². The van der Waals surface area contributed by atoms with Gasteiger partial charge in [0, 0.05) is 25.4 Å². The Bertz CT molecular complexity index is 555. The number of carbonyl (C=O) groups is 2. The maximum Gasteiger partial charge on any atom is 0.245 e. The molecule has 0 radical (unpaired) electrons. The molecule has 1 saturated heterocycles. The minimum absolute atomic E-state index is 0.00157. The smallest absolute Gasteiger partial charge is 0.245 e. The molecule has 1 aliphatic carbocycles. The SMILES string of the molecule is CCCC1NC(=O)CCN(CC2Cc3ccccc32)C1=O. The number of fused-ring (bicyclic) bond motifs is 1. The van der Waals surface area contributed by atoms with Crippen LogP contribution in [0.3, 0.4) is 0 Å². The summed E-state index contributed by atoms with van der Waals surface area (Å²) in [4.78, 5) is 26.2. The van der Waals surface area contributed by atoms with Gasteiger partial charge in [-0.2, -0.15) is 0 Å². The third kappa shape index (κ3) is 2.80. The highest BCUT2D eigenvalue weighted by Crippen LogP contribution is 2.35. The molecule has 0 spiro atoms. The molecule has 2 atom stereocenters. The molecule has 1 heterocycles. The van der Waals surface area contributed by atoms with E-state index in [1.54, 1.807) is 0 Å². The lowest BCUT2D eigenvalue weighted by Gasteiger charge is -2.35. The van der Waals surface area contributed by atoms with Crippen LogP contribution in [-0.2, 0) is 16.0 Å². The van der Waals surface area contributed by atoms with Gasteiger partial charge >= 0.3 is 0 Å². The fraction of sp³-hybridized carbons (Fsp3) is 0.529. The van der Waals surface area contributed by atoms with Crippen molar-refractivity contribution in [3.8, 4) is 0 Å². The van der Waals surface area contributed by atoms with Gasteiger partial charge in [0.25, 0.3) is 0 Å². The maximum absolute atomic E-state index is 12.6. The first-order valence-corrected chi connectivity index (χ1v) is 7.85. The Balaban J connectivity index is 1.70. The van der Waals surface area contributed by atoms with Gasteiger partial charge < -0.3 is 10.2 Å². The molecule has 2 unspecified atom stereocenters. The van der Waals surface area contributed by atoms with E-state index in [2.05, 4.69) is 29.6 Å². The summed E-state index contributed by atoms with van der Waals surface area (Å²) in [5, 5.41) is 2.86. The Morgan fingerprint density at radius 1 is 1.29 bits per heavy atom. The van der Waals surface area contributed by atoms with Crippen molar-refractivity contribution in [2.75, 3.05) is 13.1 Å². The second-order valence-electron chi connectivity index (χ2n) is 6.04. The zero-order valence-corrected chi connectivity index (χ0v) is 12.5. The number of carbonyl (C=O) groups excluding carboxylic acids is 2. The summed E-state index contributed by atoms with van der Waals surface area (Å²) in [6.45, 7) is 3.32. The first-order chi connectivity index (χ1) is 10.2. The minimum atomic E-state index is -0.333. The molecular formula is C17H22N2O2. The van der Waals surface area contributed by atoms with Crippen molar-refractivity contribution in [3.05, 3.63) is 35.4 Å². The molecule has 0 saturated carbocycles. The lowest BCUT2D eigenvalue weighted by Crippen LogP contribution is -2.46. The van der Waals surface area contributed by atoms with Crippen LogP contribution < -0.4 is 5.32 Å². The first-order valence-electron chi connectivity index (χ1n) is 7.85. The number of amides is 2. The van der Waals surface area contributed by atoms with Gasteiger partial charge in [0.2, 0.25) is 11.8 Å². The van der Waals surface area contributed by atoms with Crippen LogP contribution in [0.25, 0.3) is 0 Å². The highest BCUT2D eigenvalue weighted by Gasteiger charge is 2.33. The van der Waals surface area contributed by atoms with Gasteiger partial charge in [0.1, 0.15) is 6.04 Å². The lowest BCUT2D eigenvalue weighted by molar-refractivity contribution is -0.134. The van der Waals surface area contributed by atoms with E-state index in [4.69, 9.17) is 0 Å². The average molecular weight is 286 g/mol. The summed E-state index contributed by atoms with van der Waals surface area (Å²) < 4.78 is 0. The van der Waals surface area contributed by atoms with E-state index >= 15 is 0 Å². The maximum atomic E-state index is 12.6. The van der Waals surface area contributed by atoms with Gasteiger partial charge in [-0.3, -0.25) is 9.59 Å². The Morgan fingerprint density at radius 2 is 2.10 bits per heavy atom. The standard InChI is InChI=1S/C17H22N2O2/c1-2-5-15-17(21)19(9-8-16(20)18-15)11-13-10-12-6-3-4-7-14(12)13/h3-4,6-7,13,15H,2,5,8-11H2,1H3,(H,18,20). The number of hydrogen-bond acceptors (Lipinski definition) is 2. The number of nitrogens with zero attached hydrogens (tertiary/aromatic N) is 1. The van der Waals surface area contributed by atoms with Crippen molar-refractivity contribution in [2.24, 2.45) is 0 Å². The molecule has 1 aromatic rings. The quantitative estimate of drug-likeness (QED) is 0.918. The van der Waals surface area contributed by atoms with Gasteiger partial charge in [0.05, 0.1) is 0 Å². The lowest BCUT2D eigenvalue weighted by atomic mass is 9.77. The molecule has 1 fully saturated rings. The zero-order chi connectivity index (χ0) is 14.8. The number of benzene rings is 1. The van der Waals surface area contributed by atoms with Crippen LogP contribution in [0.15, 0.2) is 24.3 Å². The van der Waals surface area contributed by atoms with Crippen LogP contribution in [0.2, 0.25) is 0 Å². The highest BCUT2D eigenvalue weighted by molar-refractivity contribution is 5.90. The van der Waals surface area contributed by atoms with E-state index in [0.717, 1.165) is 25.8 Å².